The van der Waals surface area contributed by atoms with Crippen LogP contribution in [-0.2, 0) is 16.6 Å². The number of carbonyl (C=O) groups excluding carboxylic acids is 2. The van der Waals surface area contributed by atoms with E-state index in [9.17, 15) is 18.0 Å². The number of rotatable bonds is 3. The first-order chi connectivity index (χ1) is 12.5. The molecule has 0 aliphatic carbocycles. The van der Waals surface area contributed by atoms with E-state index < -0.39 is 21.8 Å². The Bertz CT molecular complexity index is 1120. The summed E-state index contributed by atoms with van der Waals surface area (Å²) in [5.41, 5.74) is 1.02. The maximum atomic E-state index is 12.7. The number of benzene rings is 1. The van der Waals surface area contributed by atoms with Crippen molar-refractivity contribution < 1.29 is 18.0 Å². The fourth-order valence-corrected chi connectivity index (χ4v) is 4.17. The number of hydrogen-bond acceptors (Lipinski definition) is 5. The lowest BCUT2D eigenvalue weighted by atomic mass is 10.2. The predicted molar refractivity (Wildman–Crippen MR) is 91.2 cm³/mol. The van der Waals surface area contributed by atoms with Crippen LogP contribution in [0.25, 0.3) is 0 Å². The van der Waals surface area contributed by atoms with E-state index in [2.05, 4.69) is 20.8 Å². The lowest BCUT2D eigenvalue weighted by Gasteiger charge is -2.10. The minimum atomic E-state index is -3.93. The minimum absolute atomic E-state index is 0.00597. The summed E-state index contributed by atoms with van der Waals surface area (Å²) in [5, 5.41) is 11.7. The fraction of sp³-hybridized carbons (Fsp3) is 0.0625. The zero-order valence-corrected chi connectivity index (χ0v) is 14.1. The highest BCUT2D eigenvalue weighted by Crippen LogP contribution is 2.29. The maximum absolute atomic E-state index is 12.7. The molecule has 3 aromatic rings. The molecule has 2 aromatic heterocycles. The number of H-pyrrole nitrogens is 1. The number of hydrogen-bond donors (Lipinski definition) is 3. The van der Waals surface area contributed by atoms with Crippen LogP contribution < -0.4 is 10.6 Å². The van der Waals surface area contributed by atoms with Gasteiger partial charge in [0.2, 0.25) is 0 Å². The van der Waals surface area contributed by atoms with E-state index in [0.29, 0.717) is 0 Å². The van der Waals surface area contributed by atoms with Gasteiger partial charge in [0, 0.05) is 18.0 Å². The maximum Gasteiger partial charge on any atom is 0.273 e. The van der Waals surface area contributed by atoms with Gasteiger partial charge in [0.1, 0.15) is 10.6 Å². The van der Waals surface area contributed by atoms with Crippen LogP contribution in [0, 0.1) is 0 Å². The van der Waals surface area contributed by atoms with Crippen LogP contribution in [0.3, 0.4) is 0 Å². The second-order valence-corrected chi connectivity index (χ2v) is 7.41. The highest BCUT2D eigenvalue weighted by atomic mass is 32.2. The van der Waals surface area contributed by atoms with Crippen LogP contribution in [0.4, 0.5) is 5.69 Å². The summed E-state index contributed by atoms with van der Waals surface area (Å²) < 4.78 is 26.4. The molecule has 10 heteroatoms. The van der Waals surface area contributed by atoms with Gasteiger partial charge < -0.3 is 10.6 Å². The van der Waals surface area contributed by atoms with Gasteiger partial charge in [-0.2, -0.15) is 5.10 Å². The van der Waals surface area contributed by atoms with Crippen molar-refractivity contribution in [1.82, 2.24) is 19.5 Å². The number of nitrogens with zero attached hydrogens (tertiary/aromatic N) is 2. The van der Waals surface area contributed by atoms with Crippen LogP contribution in [0.2, 0.25) is 0 Å². The van der Waals surface area contributed by atoms with E-state index >= 15 is 0 Å². The van der Waals surface area contributed by atoms with Gasteiger partial charge in [-0.25, -0.2) is 12.4 Å². The van der Waals surface area contributed by atoms with Crippen LogP contribution in [0.15, 0.2) is 53.7 Å². The zero-order chi connectivity index (χ0) is 18.3. The van der Waals surface area contributed by atoms with Crippen LogP contribution in [0.5, 0.6) is 0 Å². The molecule has 9 nitrogen and oxygen atoms in total. The van der Waals surface area contributed by atoms with Crippen molar-refractivity contribution in [3.05, 3.63) is 65.7 Å². The molecule has 1 aliphatic heterocycles. The van der Waals surface area contributed by atoms with Crippen molar-refractivity contribution in [2.24, 2.45) is 0 Å². The molecule has 26 heavy (non-hydrogen) atoms. The van der Waals surface area contributed by atoms with E-state index in [0.717, 1.165) is 9.67 Å². The number of fused-ring (bicyclic) bond motifs is 2. The SMILES string of the molecule is O=C(NCc1ccn[nH]1)c1ccc2c(c1)NC(=O)c1cccn1S2(=O)=O. The first-order valence-corrected chi connectivity index (χ1v) is 9.05. The van der Waals surface area contributed by atoms with Crippen molar-refractivity contribution in [2.75, 3.05) is 5.32 Å². The molecule has 0 bridgehead atoms. The number of carbonyl (C=O) groups is 2. The molecule has 4 rings (SSSR count). The average Bonchev–Trinajstić information content (AvgIpc) is 3.29. The molecule has 0 fully saturated rings. The third-order valence-corrected chi connectivity index (χ3v) is 5.72. The Labute approximate surface area is 148 Å². The Balaban J connectivity index is 1.68. The third kappa shape index (κ3) is 2.56. The van der Waals surface area contributed by atoms with Crippen molar-refractivity contribution in [3.63, 3.8) is 0 Å². The molecule has 2 amide bonds. The number of nitrogens with one attached hydrogen (secondary N) is 3. The Hall–Kier alpha value is -3.40. The van der Waals surface area contributed by atoms with Gasteiger partial charge >= 0.3 is 0 Å². The van der Waals surface area contributed by atoms with E-state index in [4.69, 9.17) is 0 Å². The highest BCUT2D eigenvalue weighted by Gasteiger charge is 2.30. The third-order valence-electron chi connectivity index (χ3n) is 3.97. The van der Waals surface area contributed by atoms with Crippen LogP contribution in [-0.4, -0.2) is 34.4 Å². The molecular formula is C16H13N5O4S. The van der Waals surface area contributed by atoms with Gasteiger partial charge in [-0.15, -0.1) is 0 Å². The zero-order valence-electron chi connectivity index (χ0n) is 13.3. The first-order valence-electron chi connectivity index (χ1n) is 7.61. The van der Waals surface area contributed by atoms with E-state index in [1.54, 1.807) is 12.3 Å². The summed E-state index contributed by atoms with van der Waals surface area (Å²) >= 11 is 0. The van der Waals surface area contributed by atoms with Gasteiger partial charge in [-0.05, 0) is 36.4 Å². The molecular weight excluding hydrogens is 358 g/mol. The minimum Gasteiger partial charge on any atom is -0.346 e. The smallest absolute Gasteiger partial charge is 0.273 e. The molecule has 132 valence electrons. The Morgan fingerprint density at radius 2 is 2.08 bits per heavy atom. The molecule has 3 heterocycles. The Morgan fingerprint density at radius 1 is 1.23 bits per heavy atom. The summed E-state index contributed by atoms with van der Waals surface area (Å²) in [6.07, 6.45) is 2.88. The molecule has 3 N–H and O–H groups in total. The summed E-state index contributed by atoms with van der Waals surface area (Å²) in [4.78, 5) is 24.5. The Kier molecular flexibility index (Phi) is 3.62. The largest absolute Gasteiger partial charge is 0.346 e. The number of anilines is 1. The first kappa shape index (κ1) is 16.1. The summed E-state index contributed by atoms with van der Waals surface area (Å²) in [6.45, 7) is 0.242. The molecule has 0 radical (unpaired) electrons. The van der Waals surface area contributed by atoms with E-state index in [1.165, 1.54) is 36.5 Å². The second-order valence-electron chi connectivity index (χ2n) is 5.62. The van der Waals surface area contributed by atoms with Gasteiger partial charge in [-0.1, -0.05) is 0 Å². The topological polar surface area (TPSA) is 126 Å². The number of aromatic amines is 1. The number of amides is 2. The Morgan fingerprint density at radius 3 is 2.85 bits per heavy atom. The van der Waals surface area contributed by atoms with Gasteiger partial charge in [0.25, 0.3) is 21.8 Å². The number of aromatic nitrogens is 3. The standard InChI is InChI=1S/C16H13N5O4S/c22-15(17-9-11-5-6-18-20-11)10-3-4-14-12(8-10)19-16(23)13-2-1-7-21(13)26(14,24)25/h1-8H,9H2,(H,17,22)(H,18,20)(H,19,23). The molecule has 0 saturated carbocycles. The van der Waals surface area contributed by atoms with Crippen LogP contribution >= 0.6 is 0 Å². The monoisotopic (exact) mass is 371 g/mol. The molecule has 0 unspecified atom stereocenters. The normalized spacial score (nSPS) is 14.7. The van der Waals surface area contributed by atoms with Crippen molar-refractivity contribution in [2.45, 2.75) is 11.4 Å². The molecule has 0 saturated heterocycles. The lowest BCUT2D eigenvalue weighted by Crippen LogP contribution is -2.23. The van der Waals surface area contributed by atoms with Gasteiger partial charge in [0.15, 0.2) is 0 Å². The predicted octanol–water partition coefficient (Wildman–Crippen LogP) is 0.944. The van der Waals surface area contributed by atoms with Gasteiger partial charge in [-0.3, -0.25) is 14.7 Å². The fourth-order valence-electron chi connectivity index (χ4n) is 2.70. The van der Waals surface area contributed by atoms with Gasteiger partial charge in [0.05, 0.1) is 17.9 Å². The molecule has 1 aliphatic rings. The summed E-state index contributed by atoms with van der Waals surface area (Å²) in [6, 6.07) is 8.67. The molecule has 0 spiro atoms. The highest BCUT2D eigenvalue weighted by molar-refractivity contribution is 7.90. The molecule has 0 atom stereocenters. The summed E-state index contributed by atoms with van der Waals surface area (Å²) in [7, 11) is -3.93. The van der Waals surface area contributed by atoms with E-state index in [-0.39, 0.29) is 28.4 Å². The van der Waals surface area contributed by atoms with E-state index in [1.807, 2.05) is 0 Å². The van der Waals surface area contributed by atoms with Crippen LogP contribution in [0.1, 0.15) is 26.5 Å². The lowest BCUT2D eigenvalue weighted by molar-refractivity contribution is 0.0949. The quantitative estimate of drug-likeness (QED) is 0.632. The van der Waals surface area contributed by atoms with Crippen molar-refractivity contribution in [1.29, 1.82) is 0 Å². The average molecular weight is 371 g/mol. The van der Waals surface area contributed by atoms with Crippen molar-refractivity contribution >= 4 is 27.5 Å². The molecule has 1 aromatic carbocycles. The summed E-state index contributed by atoms with van der Waals surface area (Å²) in [5.74, 6) is -0.967. The second kappa shape index (κ2) is 5.85. The van der Waals surface area contributed by atoms with Crippen molar-refractivity contribution in [3.8, 4) is 0 Å².